The minimum absolute atomic E-state index is 0.0149. The Labute approximate surface area is 184 Å². The van der Waals surface area contributed by atoms with Crippen LogP contribution in [-0.4, -0.2) is 38.1 Å². The fourth-order valence-electron chi connectivity index (χ4n) is 4.10. The van der Waals surface area contributed by atoms with Gasteiger partial charge in [-0.1, -0.05) is 12.1 Å². The molecule has 0 atom stereocenters. The van der Waals surface area contributed by atoms with Gasteiger partial charge in [-0.3, -0.25) is 24.2 Å². The monoisotopic (exact) mass is 458 g/mol. The zero-order valence-electron chi connectivity index (χ0n) is 17.1. The molecule has 33 heavy (non-hydrogen) atoms. The van der Waals surface area contributed by atoms with E-state index in [1.165, 1.54) is 0 Å². The number of nitrogens with one attached hydrogen (secondary N) is 1. The maximum atomic E-state index is 12.9. The summed E-state index contributed by atoms with van der Waals surface area (Å²) in [4.78, 5) is 45.6. The number of hydrogen-bond acceptors (Lipinski definition) is 6. The molecule has 4 heterocycles. The lowest BCUT2D eigenvalue weighted by atomic mass is 10.1. The topological polar surface area (TPSA) is 99.5 Å². The third-order valence-corrected chi connectivity index (χ3v) is 5.71. The van der Waals surface area contributed by atoms with Crippen molar-refractivity contribution >= 4 is 11.8 Å². The van der Waals surface area contributed by atoms with Crippen LogP contribution in [-0.2, 0) is 32.2 Å². The molecule has 0 bridgehead atoms. The van der Waals surface area contributed by atoms with Gasteiger partial charge in [0, 0.05) is 19.5 Å². The normalized spacial score (nSPS) is 16.3. The molecule has 1 N–H and O–H groups in total. The minimum atomic E-state index is -4.71. The van der Waals surface area contributed by atoms with Crippen LogP contribution in [0.2, 0.25) is 0 Å². The van der Waals surface area contributed by atoms with Crippen LogP contribution in [0.3, 0.4) is 0 Å². The molecule has 0 spiro atoms. The van der Waals surface area contributed by atoms with Crippen molar-refractivity contribution in [2.75, 3.05) is 6.54 Å². The number of amides is 2. The van der Waals surface area contributed by atoms with Crippen molar-refractivity contribution in [1.29, 1.82) is 0 Å². The predicted octanol–water partition coefficient (Wildman–Crippen LogP) is 2.74. The molecule has 1 aromatic carbocycles. The third-order valence-electron chi connectivity index (χ3n) is 5.71. The average molecular weight is 458 g/mol. The number of rotatable bonds is 4. The highest BCUT2D eigenvalue weighted by Crippen LogP contribution is 2.28. The Bertz CT molecular complexity index is 1290. The van der Waals surface area contributed by atoms with Gasteiger partial charge < -0.3 is 9.40 Å². The van der Waals surface area contributed by atoms with Gasteiger partial charge in [0.2, 0.25) is 5.82 Å². The Morgan fingerprint density at radius 2 is 1.61 bits per heavy atom. The number of benzene rings is 1. The van der Waals surface area contributed by atoms with Crippen LogP contribution in [0.1, 0.15) is 49.3 Å². The summed E-state index contributed by atoms with van der Waals surface area (Å²) in [5.74, 6) is -1.09. The molecule has 8 nitrogen and oxygen atoms in total. The summed E-state index contributed by atoms with van der Waals surface area (Å²) in [6.45, 7) is 0.820. The number of halogens is 3. The van der Waals surface area contributed by atoms with Gasteiger partial charge in [0.15, 0.2) is 0 Å². The van der Waals surface area contributed by atoms with Gasteiger partial charge in [0.1, 0.15) is 11.5 Å². The highest BCUT2D eigenvalue weighted by molar-refractivity contribution is 6.21. The predicted molar refractivity (Wildman–Crippen MR) is 107 cm³/mol. The van der Waals surface area contributed by atoms with Crippen LogP contribution in [0.4, 0.5) is 13.2 Å². The van der Waals surface area contributed by atoms with Gasteiger partial charge >= 0.3 is 6.18 Å². The van der Waals surface area contributed by atoms with E-state index in [9.17, 15) is 27.6 Å². The molecule has 2 aliphatic heterocycles. The van der Waals surface area contributed by atoms with Crippen molar-refractivity contribution in [2.24, 2.45) is 0 Å². The number of carbonyl (C=O) groups excluding carboxylic acids is 2. The largest absolute Gasteiger partial charge is 0.463 e. The van der Waals surface area contributed by atoms with Gasteiger partial charge in [-0.25, -0.2) is 4.98 Å². The quantitative estimate of drug-likeness (QED) is 0.604. The number of imide groups is 1. The Morgan fingerprint density at radius 1 is 0.970 bits per heavy atom. The van der Waals surface area contributed by atoms with E-state index in [0.717, 1.165) is 4.90 Å². The van der Waals surface area contributed by atoms with Crippen molar-refractivity contribution in [3.8, 4) is 0 Å². The number of fused-ring (bicyclic) bond motifs is 2. The van der Waals surface area contributed by atoms with Crippen LogP contribution in [0.5, 0.6) is 0 Å². The van der Waals surface area contributed by atoms with E-state index in [2.05, 4.69) is 4.98 Å². The van der Waals surface area contributed by atoms with E-state index < -0.39 is 17.6 Å². The molecule has 0 unspecified atom stereocenters. The number of alkyl halides is 3. The second kappa shape index (κ2) is 7.69. The summed E-state index contributed by atoms with van der Waals surface area (Å²) in [7, 11) is 0. The molecular weight excluding hydrogens is 441 g/mol. The highest BCUT2D eigenvalue weighted by Gasteiger charge is 2.37. The van der Waals surface area contributed by atoms with Crippen LogP contribution in [0.25, 0.3) is 0 Å². The number of H-pyrrole nitrogens is 1. The second-order valence-electron chi connectivity index (χ2n) is 7.91. The molecule has 170 valence electrons. The first-order valence-electron chi connectivity index (χ1n) is 10.1. The van der Waals surface area contributed by atoms with E-state index in [1.807, 2.05) is 9.88 Å². The number of nitrogens with zero attached hydrogens (tertiary/aromatic N) is 3. The second-order valence-corrected chi connectivity index (χ2v) is 7.91. The van der Waals surface area contributed by atoms with Crippen molar-refractivity contribution in [1.82, 2.24) is 19.8 Å². The standard InChI is InChI=1S/C22H17F3N4O4/c23-22(24,25)21-26-17-7-8-28(11-16(17)18(30)27-21)9-12-5-6-13(33-12)10-29-19(31)14-3-1-2-4-15(14)20(29)32/h1-6H,7-11H2,(H,26,27,30). The van der Waals surface area contributed by atoms with Crippen molar-refractivity contribution in [2.45, 2.75) is 32.2 Å². The maximum Gasteiger partial charge on any atom is 0.449 e. The van der Waals surface area contributed by atoms with Gasteiger partial charge in [-0.05, 0) is 24.3 Å². The van der Waals surface area contributed by atoms with Gasteiger partial charge in [-0.15, -0.1) is 0 Å². The summed E-state index contributed by atoms with van der Waals surface area (Å²) in [5, 5.41) is 0. The zero-order chi connectivity index (χ0) is 23.3. The molecule has 2 amide bonds. The molecule has 2 aliphatic rings. The fraction of sp³-hybridized carbons (Fsp3) is 0.273. The minimum Gasteiger partial charge on any atom is -0.463 e. The summed E-state index contributed by atoms with van der Waals surface area (Å²) >= 11 is 0. The van der Waals surface area contributed by atoms with Crippen LogP contribution in [0.15, 0.2) is 45.6 Å². The molecule has 0 saturated carbocycles. The first-order valence-corrected chi connectivity index (χ1v) is 10.1. The summed E-state index contributed by atoms with van der Waals surface area (Å²) in [6, 6.07) is 9.97. The first-order chi connectivity index (χ1) is 15.7. The van der Waals surface area contributed by atoms with Crippen LogP contribution in [0, 0.1) is 0 Å². The summed E-state index contributed by atoms with van der Waals surface area (Å²) in [6.07, 6.45) is -4.51. The van der Waals surface area contributed by atoms with Gasteiger partial charge in [0.05, 0.1) is 35.5 Å². The number of hydrogen-bond donors (Lipinski definition) is 1. The maximum absolute atomic E-state index is 12.9. The highest BCUT2D eigenvalue weighted by atomic mass is 19.4. The smallest absolute Gasteiger partial charge is 0.449 e. The van der Waals surface area contributed by atoms with Gasteiger partial charge in [0.25, 0.3) is 17.4 Å². The number of carbonyl (C=O) groups is 2. The van der Waals surface area contributed by atoms with Crippen molar-refractivity contribution in [3.63, 3.8) is 0 Å². The van der Waals surface area contributed by atoms with Crippen LogP contribution < -0.4 is 5.56 Å². The number of aromatic amines is 1. The molecule has 0 saturated heterocycles. The lowest BCUT2D eigenvalue weighted by molar-refractivity contribution is -0.145. The van der Waals surface area contributed by atoms with Crippen molar-refractivity contribution < 1.29 is 27.2 Å². The van der Waals surface area contributed by atoms with E-state index in [-0.39, 0.29) is 42.6 Å². The van der Waals surface area contributed by atoms with E-state index >= 15 is 0 Å². The Kier molecular flexibility index (Phi) is 4.93. The fourth-order valence-corrected chi connectivity index (χ4v) is 4.10. The Morgan fingerprint density at radius 3 is 2.24 bits per heavy atom. The number of furan rings is 1. The van der Waals surface area contributed by atoms with Crippen LogP contribution >= 0.6 is 0 Å². The molecular formula is C22H17F3N4O4. The third kappa shape index (κ3) is 3.84. The summed E-state index contributed by atoms with van der Waals surface area (Å²) in [5.41, 5.74) is 0.255. The molecule has 0 radical (unpaired) electrons. The van der Waals surface area contributed by atoms with E-state index in [0.29, 0.717) is 35.7 Å². The summed E-state index contributed by atoms with van der Waals surface area (Å²) < 4.78 is 44.4. The number of aromatic nitrogens is 2. The lowest BCUT2D eigenvalue weighted by Crippen LogP contribution is -2.36. The van der Waals surface area contributed by atoms with Crippen molar-refractivity contribution in [3.05, 3.63) is 86.5 Å². The zero-order valence-corrected chi connectivity index (χ0v) is 17.1. The molecule has 2 aromatic heterocycles. The molecule has 0 aliphatic carbocycles. The Balaban J connectivity index is 1.27. The van der Waals surface area contributed by atoms with E-state index in [1.54, 1.807) is 36.4 Å². The van der Waals surface area contributed by atoms with Gasteiger partial charge in [-0.2, -0.15) is 13.2 Å². The van der Waals surface area contributed by atoms with E-state index in [4.69, 9.17) is 4.42 Å². The first kappa shape index (κ1) is 21.1. The molecule has 5 rings (SSSR count). The molecule has 11 heteroatoms. The Hall–Kier alpha value is -3.73. The SMILES string of the molecule is O=C1c2ccccc2C(=O)N1Cc1ccc(CN2CCc3nc(C(F)(F)F)[nH]c(=O)c3C2)o1. The average Bonchev–Trinajstić information content (AvgIpc) is 3.32. The molecule has 0 fully saturated rings. The molecule has 3 aromatic rings. The lowest BCUT2D eigenvalue weighted by Gasteiger charge is -2.27.